The van der Waals surface area contributed by atoms with Crippen molar-refractivity contribution in [1.29, 1.82) is 0 Å². The van der Waals surface area contributed by atoms with Crippen molar-refractivity contribution < 1.29 is 4.79 Å². The van der Waals surface area contributed by atoms with Gasteiger partial charge in [0.15, 0.2) is 0 Å². The van der Waals surface area contributed by atoms with Gasteiger partial charge in [0.1, 0.15) is 6.54 Å². The first-order valence-electron chi connectivity index (χ1n) is 5.42. The summed E-state index contributed by atoms with van der Waals surface area (Å²) < 4.78 is 1.92. The highest BCUT2D eigenvalue weighted by molar-refractivity contribution is 14.1. The Morgan fingerprint density at radius 3 is 2.71 bits per heavy atom. The Labute approximate surface area is 114 Å². The van der Waals surface area contributed by atoms with Crippen molar-refractivity contribution in [3.8, 4) is 0 Å². The molecule has 1 amide bonds. The maximum Gasteiger partial charge on any atom is 0.268 e. The van der Waals surface area contributed by atoms with Gasteiger partial charge < -0.3 is 5.32 Å². The smallest absolute Gasteiger partial charge is 0.268 e. The molecule has 1 unspecified atom stereocenters. The van der Waals surface area contributed by atoms with Crippen LogP contribution >= 0.6 is 22.6 Å². The van der Waals surface area contributed by atoms with Crippen LogP contribution in [0.15, 0.2) is 17.1 Å². The van der Waals surface area contributed by atoms with Gasteiger partial charge in [0.2, 0.25) is 5.91 Å². The summed E-state index contributed by atoms with van der Waals surface area (Å²) in [6.45, 7) is 5.96. The molecule has 1 heterocycles. The number of halogens is 1. The molecule has 0 aliphatic rings. The minimum Gasteiger partial charge on any atom is -0.352 e. The van der Waals surface area contributed by atoms with Crippen molar-refractivity contribution in [2.75, 3.05) is 0 Å². The van der Waals surface area contributed by atoms with Crippen molar-refractivity contribution >= 4 is 28.5 Å². The zero-order valence-corrected chi connectivity index (χ0v) is 12.3. The number of carbonyl (C=O) groups is 1. The Bertz CT molecular complexity index is 456. The minimum absolute atomic E-state index is 0.0349. The predicted molar refractivity (Wildman–Crippen MR) is 73.7 cm³/mol. The fourth-order valence-electron chi connectivity index (χ4n) is 1.13. The summed E-state index contributed by atoms with van der Waals surface area (Å²) in [6, 6.07) is 1.54. The quantitative estimate of drug-likeness (QED) is 0.826. The number of hydrogen-bond acceptors (Lipinski definition) is 3. The average molecular weight is 349 g/mol. The molecule has 5 nitrogen and oxygen atoms in total. The van der Waals surface area contributed by atoms with Gasteiger partial charge in [0, 0.05) is 15.7 Å². The Morgan fingerprint density at radius 2 is 2.18 bits per heavy atom. The number of hydrogen-bond donors (Lipinski definition) is 1. The summed E-state index contributed by atoms with van der Waals surface area (Å²) in [4.78, 5) is 23.2. The number of rotatable bonds is 4. The third-order valence-electron chi connectivity index (χ3n) is 2.52. The normalized spacial score (nSPS) is 12.5. The number of aromatic nitrogens is 2. The van der Waals surface area contributed by atoms with Gasteiger partial charge in [-0.25, -0.2) is 4.68 Å². The maximum absolute atomic E-state index is 11.7. The van der Waals surface area contributed by atoms with Crippen LogP contribution in [-0.4, -0.2) is 21.7 Å². The molecule has 0 aliphatic heterocycles. The lowest BCUT2D eigenvalue weighted by Gasteiger charge is -2.17. The molecule has 0 spiro atoms. The van der Waals surface area contributed by atoms with Crippen LogP contribution in [0, 0.1) is 9.49 Å². The number of carbonyl (C=O) groups excluding carboxylic acids is 1. The summed E-state index contributed by atoms with van der Waals surface area (Å²) in [7, 11) is 0. The Morgan fingerprint density at radius 1 is 1.53 bits per heavy atom. The summed E-state index contributed by atoms with van der Waals surface area (Å²) in [5.41, 5.74) is -0.260. The molecule has 0 aliphatic carbocycles. The average Bonchev–Trinajstić information content (AvgIpc) is 2.22. The van der Waals surface area contributed by atoms with Crippen molar-refractivity contribution in [3.05, 3.63) is 26.2 Å². The third kappa shape index (κ3) is 4.45. The van der Waals surface area contributed by atoms with Gasteiger partial charge in [-0.3, -0.25) is 9.59 Å². The molecule has 0 fully saturated rings. The van der Waals surface area contributed by atoms with Gasteiger partial charge in [-0.15, -0.1) is 0 Å². The van der Waals surface area contributed by atoms with Crippen molar-refractivity contribution in [2.45, 2.75) is 33.4 Å². The molecule has 0 saturated heterocycles. The largest absolute Gasteiger partial charge is 0.352 e. The zero-order chi connectivity index (χ0) is 13.0. The SMILES string of the molecule is CC(C)C(C)NC(=O)Cn1ncc(I)cc1=O. The van der Waals surface area contributed by atoms with E-state index in [4.69, 9.17) is 0 Å². The molecular weight excluding hydrogens is 333 g/mol. The first-order chi connectivity index (χ1) is 7.90. The van der Waals surface area contributed by atoms with E-state index in [2.05, 4.69) is 10.4 Å². The Kier molecular flexibility index (Phi) is 5.10. The highest BCUT2D eigenvalue weighted by atomic mass is 127. The Balaban J connectivity index is 2.66. The minimum atomic E-state index is -0.260. The predicted octanol–water partition coefficient (Wildman–Crippen LogP) is 1.01. The maximum atomic E-state index is 11.7. The molecule has 0 aromatic carbocycles. The second-order valence-corrected chi connectivity index (χ2v) is 5.52. The molecule has 1 aromatic rings. The van der Waals surface area contributed by atoms with Crippen LogP contribution in [0.25, 0.3) is 0 Å². The van der Waals surface area contributed by atoms with Gasteiger partial charge >= 0.3 is 0 Å². The van der Waals surface area contributed by atoms with E-state index in [0.29, 0.717) is 5.92 Å². The lowest BCUT2D eigenvalue weighted by atomic mass is 10.1. The molecule has 1 rings (SSSR count). The van der Waals surface area contributed by atoms with Crippen LogP contribution in [0.2, 0.25) is 0 Å². The van der Waals surface area contributed by atoms with Crippen LogP contribution in [0.1, 0.15) is 20.8 Å². The zero-order valence-electron chi connectivity index (χ0n) is 10.1. The summed E-state index contributed by atoms with van der Waals surface area (Å²) in [5.74, 6) is 0.169. The Hall–Kier alpha value is -0.920. The molecule has 6 heteroatoms. The molecule has 0 radical (unpaired) electrons. The van der Waals surface area contributed by atoms with E-state index in [-0.39, 0.29) is 24.1 Å². The molecule has 0 bridgehead atoms. The van der Waals surface area contributed by atoms with Crippen LogP contribution in [-0.2, 0) is 11.3 Å². The van der Waals surface area contributed by atoms with Crippen LogP contribution < -0.4 is 10.9 Å². The standard InChI is InChI=1S/C11H16IN3O2/c1-7(2)8(3)14-10(16)6-15-11(17)4-9(12)5-13-15/h4-5,7-8H,6H2,1-3H3,(H,14,16). The van der Waals surface area contributed by atoms with Crippen molar-refractivity contribution in [3.63, 3.8) is 0 Å². The fraction of sp³-hybridized carbons (Fsp3) is 0.545. The molecule has 1 N–H and O–H groups in total. The fourth-order valence-corrected chi connectivity index (χ4v) is 1.52. The van der Waals surface area contributed by atoms with Gasteiger partial charge in [0.05, 0.1) is 6.20 Å². The van der Waals surface area contributed by atoms with Crippen molar-refractivity contribution in [1.82, 2.24) is 15.1 Å². The summed E-state index contributed by atoms with van der Waals surface area (Å²) in [6.07, 6.45) is 1.56. The topological polar surface area (TPSA) is 64.0 Å². The van der Waals surface area contributed by atoms with E-state index in [1.807, 2.05) is 43.4 Å². The molecule has 94 valence electrons. The van der Waals surface area contributed by atoms with E-state index in [9.17, 15) is 9.59 Å². The number of nitrogens with one attached hydrogen (secondary N) is 1. The van der Waals surface area contributed by atoms with E-state index in [1.54, 1.807) is 6.20 Å². The molecule has 1 aromatic heterocycles. The van der Waals surface area contributed by atoms with Gasteiger partial charge in [-0.1, -0.05) is 13.8 Å². The van der Waals surface area contributed by atoms with Gasteiger partial charge in [-0.2, -0.15) is 5.10 Å². The first-order valence-corrected chi connectivity index (χ1v) is 6.50. The number of amides is 1. The van der Waals surface area contributed by atoms with E-state index >= 15 is 0 Å². The number of nitrogens with zero attached hydrogens (tertiary/aromatic N) is 2. The lowest BCUT2D eigenvalue weighted by Crippen LogP contribution is -2.40. The highest BCUT2D eigenvalue weighted by Gasteiger charge is 2.12. The lowest BCUT2D eigenvalue weighted by molar-refractivity contribution is -0.122. The van der Waals surface area contributed by atoms with Gasteiger partial charge in [0.25, 0.3) is 5.56 Å². The van der Waals surface area contributed by atoms with Crippen molar-refractivity contribution in [2.24, 2.45) is 5.92 Å². The third-order valence-corrected chi connectivity index (χ3v) is 3.11. The highest BCUT2D eigenvalue weighted by Crippen LogP contribution is 1.99. The van der Waals surface area contributed by atoms with Crippen LogP contribution in [0.5, 0.6) is 0 Å². The van der Waals surface area contributed by atoms with E-state index < -0.39 is 0 Å². The molecular formula is C11H16IN3O2. The van der Waals surface area contributed by atoms with E-state index in [1.165, 1.54) is 6.07 Å². The van der Waals surface area contributed by atoms with Crippen LogP contribution in [0.3, 0.4) is 0 Å². The van der Waals surface area contributed by atoms with E-state index in [0.717, 1.165) is 8.25 Å². The monoisotopic (exact) mass is 349 g/mol. The summed E-state index contributed by atoms with van der Waals surface area (Å²) in [5, 5.41) is 6.73. The first kappa shape index (κ1) is 14.1. The second kappa shape index (κ2) is 6.13. The summed E-state index contributed by atoms with van der Waals surface area (Å²) >= 11 is 2.01. The molecule has 0 saturated carbocycles. The molecule has 1 atom stereocenters. The van der Waals surface area contributed by atoms with Gasteiger partial charge in [-0.05, 0) is 35.4 Å². The molecule has 17 heavy (non-hydrogen) atoms. The second-order valence-electron chi connectivity index (χ2n) is 4.27. The van der Waals surface area contributed by atoms with Crippen LogP contribution in [0.4, 0.5) is 0 Å².